The molecule has 0 aliphatic heterocycles. The number of hydrogen-bond acceptors (Lipinski definition) is 2. The fourth-order valence-electron chi connectivity index (χ4n) is 1.17. The van der Waals surface area contributed by atoms with E-state index in [2.05, 4.69) is 40.0 Å². The third kappa shape index (κ3) is 3.01. The Morgan fingerprint density at radius 2 is 1.87 bits per heavy atom. The van der Waals surface area contributed by atoms with Gasteiger partial charge in [0.05, 0.1) is 9.47 Å². The van der Waals surface area contributed by atoms with Gasteiger partial charge >= 0.3 is 0 Å². The molecule has 0 atom stereocenters. The van der Waals surface area contributed by atoms with Crippen molar-refractivity contribution in [3.05, 3.63) is 50.6 Å². The van der Waals surface area contributed by atoms with Gasteiger partial charge < -0.3 is 0 Å². The summed E-state index contributed by atoms with van der Waals surface area (Å²) < 4.78 is 1.13. The molecule has 0 aliphatic carbocycles. The maximum absolute atomic E-state index is 4.40. The minimum absolute atomic E-state index is 0.991. The lowest BCUT2D eigenvalue weighted by Crippen LogP contribution is -1.72. The predicted octanol–water partition coefficient (Wildman–Crippen LogP) is 4.57. The molecule has 0 N–H and O–H groups in total. The van der Waals surface area contributed by atoms with Crippen LogP contribution in [0.25, 0.3) is 0 Å². The molecule has 1 aromatic carbocycles. The van der Waals surface area contributed by atoms with E-state index in [1.54, 1.807) is 11.3 Å². The Labute approximate surface area is 102 Å². The summed E-state index contributed by atoms with van der Waals surface area (Å²) in [5.41, 5.74) is 2.25. The average Bonchev–Trinajstić information content (AvgIpc) is 2.64. The first-order chi connectivity index (χ1) is 7.24. The van der Waals surface area contributed by atoms with Crippen LogP contribution in [0.4, 0.5) is 5.69 Å². The van der Waals surface area contributed by atoms with E-state index >= 15 is 0 Å². The number of aryl methyl sites for hydroxylation is 1. The molecule has 76 valence electrons. The first-order valence-electron chi connectivity index (χ1n) is 4.60. The van der Waals surface area contributed by atoms with Crippen molar-refractivity contribution >= 4 is 39.2 Å². The van der Waals surface area contributed by atoms with Gasteiger partial charge in [-0.05, 0) is 47.1 Å². The fraction of sp³-hybridized carbons (Fsp3) is 0.0833. The summed E-state index contributed by atoms with van der Waals surface area (Å²) in [6.45, 7) is 2.07. The van der Waals surface area contributed by atoms with Gasteiger partial charge in [-0.3, -0.25) is 4.99 Å². The second-order valence-corrected chi connectivity index (χ2v) is 5.73. The van der Waals surface area contributed by atoms with E-state index in [0.717, 1.165) is 14.4 Å². The lowest BCUT2D eigenvalue weighted by Gasteiger charge is -1.93. The van der Waals surface area contributed by atoms with Gasteiger partial charge in [-0.1, -0.05) is 17.7 Å². The van der Waals surface area contributed by atoms with Gasteiger partial charge in [0.15, 0.2) is 0 Å². The Hall–Kier alpha value is -0.930. The molecular weight excluding hydrogens is 270 g/mol. The predicted molar refractivity (Wildman–Crippen MR) is 70.5 cm³/mol. The molecular formula is C12H10BrNS. The molecule has 3 heteroatoms. The Morgan fingerprint density at radius 3 is 2.47 bits per heavy atom. The van der Waals surface area contributed by atoms with Crippen molar-refractivity contribution < 1.29 is 0 Å². The van der Waals surface area contributed by atoms with E-state index in [-0.39, 0.29) is 0 Å². The van der Waals surface area contributed by atoms with Crippen molar-refractivity contribution in [2.75, 3.05) is 0 Å². The van der Waals surface area contributed by atoms with Crippen LogP contribution >= 0.6 is 27.3 Å². The number of benzene rings is 1. The lowest BCUT2D eigenvalue weighted by molar-refractivity contribution is 1.44. The molecule has 1 heterocycles. The van der Waals surface area contributed by atoms with Gasteiger partial charge in [0.2, 0.25) is 0 Å². The molecule has 1 aromatic heterocycles. The van der Waals surface area contributed by atoms with Crippen molar-refractivity contribution in [3.63, 3.8) is 0 Å². The van der Waals surface area contributed by atoms with E-state index < -0.39 is 0 Å². The van der Waals surface area contributed by atoms with Crippen molar-refractivity contribution in [2.45, 2.75) is 6.92 Å². The van der Waals surface area contributed by atoms with Crippen molar-refractivity contribution in [2.24, 2.45) is 4.99 Å². The zero-order valence-electron chi connectivity index (χ0n) is 8.27. The van der Waals surface area contributed by atoms with Crippen LogP contribution in [0.3, 0.4) is 0 Å². The standard InChI is InChI=1S/C12H10BrNS/c1-9-2-4-10(5-3-9)14-8-11-6-7-12(13)15-11/h2-8H,1H3. The Balaban J connectivity index is 2.14. The van der Waals surface area contributed by atoms with Crippen LogP contribution < -0.4 is 0 Å². The van der Waals surface area contributed by atoms with Gasteiger partial charge in [-0.15, -0.1) is 11.3 Å². The largest absolute Gasteiger partial charge is 0.255 e. The quantitative estimate of drug-likeness (QED) is 0.714. The van der Waals surface area contributed by atoms with E-state index in [0.29, 0.717) is 0 Å². The maximum Gasteiger partial charge on any atom is 0.0705 e. The topological polar surface area (TPSA) is 12.4 Å². The van der Waals surface area contributed by atoms with E-state index in [1.165, 1.54) is 5.56 Å². The highest BCUT2D eigenvalue weighted by Crippen LogP contribution is 2.21. The van der Waals surface area contributed by atoms with Crippen LogP contribution in [0.2, 0.25) is 0 Å². The summed E-state index contributed by atoms with van der Waals surface area (Å²) in [4.78, 5) is 5.55. The molecule has 0 radical (unpaired) electrons. The zero-order chi connectivity index (χ0) is 10.7. The molecule has 0 unspecified atom stereocenters. The number of nitrogens with zero attached hydrogens (tertiary/aromatic N) is 1. The summed E-state index contributed by atoms with van der Waals surface area (Å²) >= 11 is 5.10. The molecule has 15 heavy (non-hydrogen) atoms. The molecule has 0 saturated heterocycles. The Kier molecular flexibility index (Phi) is 3.34. The number of rotatable bonds is 2. The molecule has 2 aromatic rings. The van der Waals surface area contributed by atoms with Gasteiger partial charge in [0.25, 0.3) is 0 Å². The molecule has 0 amide bonds. The van der Waals surface area contributed by atoms with Gasteiger partial charge in [0, 0.05) is 11.1 Å². The highest BCUT2D eigenvalue weighted by atomic mass is 79.9. The fourth-order valence-corrected chi connectivity index (χ4v) is 2.46. The monoisotopic (exact) mass is 279 g/mol. The van der Waals surface area contributed by atoms with Crippen LogP contribution in [0.1, 0.15) is 10.4 Å². The summed E-state index contributed by atoms with van der Waals surface area (Å²) in [7, 11) is 0. The highest BCUT2D eigenvalue weighted by molar-refractivity contribution is 9.11. The normalized spacial score (nSPS) is 11.1. The van der Waals surface area contributed by atoms with Crippen LogP contribution in [-0.4, -0.2) is 6.21 Å². The first-order valence-corrected chi connectivity index (χ1v) is 6.21. The smallest absolute Gasteiger partial charge is 0.0705 e. The lowest BCUT2D eigenvalue weighted by atomic mass is 10.2. The summed E-state index contributed by atoms with van der Waals surface area (Å²) in [5, 5.41) is 0. The van der Waals surface area contributed by atoms with Crippen LogP contribution in [0.15, 0.2) is 45.2 Å². The summed E-state index contributed by atoms with van der Waals surface area (Å²) in [5.74, 6) is 0. The van der Waals surface area contributed by atoms with E-state index in [1.807, 2.05) is 30.5 Å². The van der Waals surface area contributed by atoms with E-state index in [4.69, 9.17) is 0 Å². The minimum atomic E-state index is 0.991. The molecule has 0 bridgehead atoms. The average molecular weight is 280 g/mol. The number of aliphatic imine (C=N–C) groups is 1. The SMILES string of the molecule is Cc1ccc(N=Cc2ccc(Br)s2)cc1. The maximum atomic E-state index is 4.40. The van der Waals surface area contributed by atoms with Gasteiger partial charge in [0.1, 0.15) is 0 Å². The zero-order valence-corrected chi connectivity index (χ0v) is 10.7. The van der Waals surface area contributed by atoms with Gasteiger partial charge in [-0.25, -0.2) is 0 Å². The molecule has 2 rings (SSSR count). The van der Waals surface area contributed by atoms with Crippen LogP contribution in [0.5, 0.6) is 0 Å². The van der Waals surface area contributed by atoms with E-state index in [9.17, 15) is 0 Å². The van der Waals surface area contributed by atoms with Crippen LogP contribution in [0, 0.1) is 6.92 Å². The Morgan fingerprint density at radius 1 is 1.13 bits per heavy atom. The van der Waals surface area contributed by atoms with Crippen molar-refractivity contribution in [1.82, 2.24) is 0 Å². The third-order valence-corrected chi connectivity index (χ3v) is 3.53. The summed E-state index contributed by atoms with van der Waals surface area (Å²) in [6, 6.07) is 12.3. The number of halogens is 1. The minimum Gasteiger partial charge on any atom is -0.255 e. The number of thiophene rings is 1. The molecule has 0 spiro atoms. The van der Waals surface area contributed by atoms with Crippen LogP contribution in [-0.2, 0) is 0 Å². The van der Waals surface area contributed by atoms with Gasteiger partial charge in [-0.2, -0.15) is 0 Å². The number of hydrogen-bond donors (Lipinski definition) is 0. The Bertz CT molecular complexity index is 471. The highest BCUT2D eigenvalue weighted by Gasteiger charge is 1.93. The van der Waals surface area contributed by atoms with Crippen molar-refractivity contribution in [3.8, 4) is 0 Å². The molecule has 1 nitrogen and oxygen atoms in total. The second kappa shape index (κ2) is 4.73. The molecule has 0 saturated carbocycles. The molecule has 0 fully saturated rings. The van der Waals surface area contributed by atoms with Crippen molar-refractivity contribution in [1.29, 1.82) is 0 Å². The summed E-state index contributed by atoms with van der Waals surface area (Å²) in [6.07, 6.45) is 1.89. The molecule has 0 aliphatic rings. The second-order valence-electron chi connectivity index (χ2n) is 3.24. The third-order valence-electron chi connectivity index (χ3n) is 1.97. The first kappa shape index (κ1) is 10.6.